The molecule has 1 N–H and O–H groups in total. The van der Waals surface area contributed by atoms with E-state index in [0.717, 1.165) is 0 Å². The normalized spacial score (nSPS) is 15.5. The van der Waals surface area contributed by atoms with Crippen molar-refractivity contribution in [1.82, 2.24) is 4.31 Å². The van der Waals surface area contributed by atoms with Gasteiger partial charge in [-0.1, -0.05) is 30.3 Å². The number of benzene rings is 1. The maximum atomic E-state index is 11.9. The van der Waals surface area contributed by atoms with E-state index in [1.54, 1.807) is 30.3 Å². The molecule has 0 spiro atoms. The maximum absolute atomic E-state index is 11.9. The first-order chi connectivity index (χ1) is 8.01. The molecule has 1 aromatic rings. The molecule has 0 atom stereocenters. The molecule has 6 heteroatoms. The molecule has 92 valence electrons. The van der Waals surface area contributed by atoms with Crippen LogP contribution in [0.3, 0.4) is 0 Å². The Balaban J connectivity index is 2.22. The lowest BCUT2D eigenvalue weighted by atomic mass is 10.2. The molecular formula is C11H13NO4S. The van der Waals surface area contributed by atoms with Gasteiger partial charge in [-0.3, -0.25) is 0 Å². The van der Waals surface area contributed by atoms with Crippen LogP contribution >= 0.6 is 0 Å². The average molecular weight is 255 g/mol. The molecule has 2 rings (SSSR count). The third kappa shape index (κ3) is 2.58. The van der Waals surface area contributed by atoms with Crippen molar-refractivity contribution in [2.45, 2.75) is 24.6 Å². The fourth-order valence-corrected chi connectivity index (χ4v) is 3.20. The number of carbonyl (C=O) groups is 1. The second-order valence-electron chi connectivity index (χ2n) is 4.02. The molecule has 0 heterocycles. The predicted molar refractivity (Wildman–Crippen MR) is 62.0 cm³/mol. The summed E-state index contributed by atoms with van der Waals surface area (Å²) in [4.78, 5) is 11.0. The van der Waals surface area contributed by atoms with Gasteiger partial charge in [0.15, 0.2) is 0 Å². The predicted octanol–water partition coefficient (Wildman–Crippen LogP) is 1.66. The molecule has 1 amide bonds. The van der Waals surface area contributed by atoms with E-state index < -0.39 is 21.4 Å². The van der Waals surface area contributed by atoms with Crippen LogP contribution in [0.2, 0.25) is 0 Å². The second kappa shape index (κ2) is 4.37. The molecule has 0 aromatic heterocycles. The molecule has 0 aliphatic heterocycles. The molecule has 17 heavy (non-hydrogen) atoms. The Morgan fingerprint density at radius 1 is 1.29 bits per heavy atom. The van der Waals surface area contributed by atoms with Crippen molar-refractivity contribution in [2.75, 3.05) is 0 Å². The number of rotatable bonds is 4. The molecular weight excluding hydrogens is 242 g/mol. The van der Waals surface area contributed by atoms with Gasteiger partial charge in [0.1, 0.15) is 0 Å². The summed E-state index contributed by atoms with van der Waals surface area (Å²) in [5.41, 5.74) is 0.666. The minimum absolute atomic E-state index is 0.116. The van der Waals surface area contributed by atoms with Gasteiger partial charge in [0.25, 0.3) is 0 Å². The first kappa shape index (κ1) is 11.9. The smallest absolute Gasteiger partial charge is 0.421 e. The zero-order chi connectivity index (χ0) is 12.5. The highest BCUT2D eigenvalue weighted by Crippen LogP contribution is 2.31. The Labute approximate surface area is 99.7 Å². The van der Waals surface area contributed by atoms with Gasteiger partial charge in [-0.05, 0) is 18.4 Å². The third-order valence-electron chi connectivity index (χ3n) is 2.64. The molecule has 0 saturated heterocycles. The Morgan fingerprint density at radius 2 is 1.88 bits per heavy atom. The van der Waals surface area contributed by atoms with E-state index in [-0.39, 0.29) is 6.54 Å². The van der Waals surface area contributed by atoms with Crippen molar-refractivity contribution in [3.8, 4) is 0 Å². The Bertz CT molecular complexity index is 508. The van der Waals surface area contributed by atoms with Crippen LogP contribution in [0.4, 0.5) is 4.79 Å². The van der Waals surface area contributed by atoms with Gasteiger partial charge in [0, 0.05) is 0 Å². The lowest BCUT2D eigenvalue weighted by molar-refractivity contribution is 0.170. The number of carboxylic acid groups (broad SMARTS) is 1. The molecule has 0 unspecified atom stereocenters. The highest BCUT2D eigenvalue weighted by molar-refractivity contribution is 7.90. The highest BCUT2D eigenvalue weighted by atomic mass is 32.2. The van der Waals surface area contributed by atoms with Gasteiger partial charge in [0.05, 0.1) is 11.8 Å². The van der Waals surface area contributed by atoms with Crippen molar-refractivity contribution in [2.24, 2.45) is 0 Å². The van der Waals surface area contributed by atoms with Crippen LogP contribution in [-0.4, -0.2) is 29.2 Å². The highest BCUT2D eigenvalue weighted by Gasteiger charge is 2.42. The van der Waals surface area contributed by atoms with E-state index in [1.807, 2.05) is 0 Å². The van der Waals surface area contributed by atoms with Gasteiger partial charge < -0.3 is 5.11 Å². The minimum Gasteiger partial charge on any atom is -0.464 e. The van der Waals surface area contributed by atoms with Crippen molar-refractivity contribution < 1.29 is 18.3 Å². The van der Waals surface area contributed by atoms with Crippen LogP contribution in [-0.2, 0) is 16.6 Å². The summed E-state index contributed by atoms with van der Waals surface area (Å²) in [6, 6.07) is 8.71. The topological polar surface area (TPSA) is 74.7 Å². The first-order valence-electron chi connectivity index (χ1n) is 5.30. The lowest BCUT2D eigenvalue weighted by Gasteiger charge is -2.18. The largest absolute Gasteiger partial charge is 0.464 e. The van der Waals surface area contributed by atoms with Crippen molar-refractivity contribution >= 4 is 16.1 Å². The molecule has 1 fully saturated rings. The molecule has 1 aliphatic carbocycles. The fraction of sp³-hybridized carbons (Fsp3) is 0.364. The lowest BCUT2D eigenvalue weighted by Crippen LogP contribution is -2.37. The molecule has 1 aromatic carbocycles. The van der Waals surface area contributed by atoms with Gasteiger partial charge in [-0.15, -0.1) is 0 Å². The molecule has 1 saturated carbocycles. The summed E-state index contributed by atoms with van der Waals surface area (Å²) in [7, 11) is -3.69. The summed E-state index contributed by atoms with van der Waals surface area (Å²) in [5, 5.41) is 8.48. The van der Waals surface area contributed by atoms with Gasteiger partial charge in [-0.25, -0.2) is 13.2 Å². The Morgan fingerprint density at radius 3 is 2.35 bits per heavy atom. The Hall–Kier alpha value is -1.56. The average Bonchev–Trinajstić information content (AvgIpc) is 3.10. The van der Waals surface area contributed by atoms with Crippen molar-refractivity contribution in [3.63, 3.8) is 0 Å². The second-order valence-corrected chi connectivity index (χ2v) is 6.16. The standard InChI is InChI=1S/C11H13NO4S/c13-11(14)12(17(15,16)10-6-7-10)8-9-4-2-1-3-5-9/h1-5,10H,6-8H2,(H,13,14). The number of amides is 1. The fourth-order valence-electron chi connectivity index (χ4n) is 1.56. The van der Waals surface area contributed by atoms with Gasteiger partial charge >= 0.3 is 6.09 Å². The Kier molecular flexibility index (Phi) is 3.06. The summed E-state index contributed by atoms with van der Waals surface area (Å²) in [5.74, 6) is 0. The first-order valence-corrected chi connectivity index (χ1v) is 6.80. The van der Waals surface area contributed by atoms with Crippen LogP contribution in [0, 0.1) is 0 Å². The van der Waals surface area contributed by atoms with Crippen molar-refractivity contribution in [3.05, 3.63) is 35.9 Å². The van der Waals surface area contributed by atoms with E-state index in [9.17, 15) is 13.2 Å². The zero-order valence-corrected chi connectivity index (χ0v) is 9.93. The van der Waals surface area contributed by atoms with Crippen LogP contribution in [0.25, 0.3) is 0 Å². The van der Waals surface area contributed by atoms with E-state index in [0.29, 0.717) is 22.7 Å². The minimum atomic E-state index is -3.69. The van der Waals surface area contributed by atoms with Crippen molar-refractivity contribution in [1.29, 1.82) is 0 Å². The van der Waals surface area contributed by atoms with Gasteiger partial charge in [0.2, 0.25) is 10.0 Å². The summed E-state index contributed by atoms with van der Waals surface area (Å²) in [6.07, 6.45) is -0.303. The van der Waals surface area contributed by atoms with Crippen LogP contribution < -0.4 is 0 Å². The summed E-state index contributed by atoms with van der Waals surface area (Å²) < 4.78 is 24.3. The number of sulfonamides is 1. The van der Waals surface area contributed by atoms with Crippen LogP contribution in [0.5, 0.6) is 0 Å². The zero-order valence-electron chi connectivity index (χ0n) is 9.11. The van der Waals surface area contributed by atoms with Crippen LogP contribution in [0.1, 0.15) is 18.4 Å². The van der Waals surface area contributed by atoms with E-state index in [4.69, 9.17) is 5.11 Å². The molecule has 5 nitrogen and oxygen atoms in total. The van der Waals surface area contributed by atoms with E-state index >= 15 is 0 Å². The van der Waals surface area contributed by atoms with Gasteiger partial charge in [-0.2, -0.15) is 4.31 Å². The molecule has 0 bridgehead atoms. The number of hydrogen-bond acceptors (Lipinski definition) is 3. The number of nitrogens with zero attached hydrogens (tertiary/aromatic N) is 1. The quantitative estimate of drug-likeness (QED) is 0.887. The molecule has 0 radical (unpaired) electrons. The van der Waals surface area contributed by atoms with E-state index in [1.165, 1.54) is 0 Å². The maximum Gasteiger partial charge on any atom is 0.421 e. The van der Waals surface area contributed by atoms with E-state index in [2.05, 4.69) is 0 Å². The van der Waals surface area contributed by atoms with Crippen LogP contribution in [0.15, 0.2) is 30.3 Å². The number of hydrogen-bond donors (Lipinski definition) is 1. The SMILES string of the molecule is O=C(O)N(Cc1ccccc1)S(=O)(=O)C1CC1. The summed E-state index contributed by atoms with van der Waals surface area (Å²) in [6.45, 7) is -0.116. The molecule has 1 aliphatic rings. The summed E-state index contributed by atoms with van der Waals surface area (Å²) >= 11 is 0. The third-order valence-corrected chi connectivity index (χ3v) is 4.85. The monoisotopic (exact) mass is 255 g/mol.